The van der Waals surface area contributed by atoms with Gasteiger partial charge in [0.1, 0.15) is 13.2 Å². The van der Waals surface area contributed by atoms with Crippen LogP contribution in [0.3, 0.4) is 0 Å². The third-order valence-corrected chi connectivity index (χ3v) is 5.26. The number of aliphatic hydroxyl groups is 1. The fourth-order valence-electron chi connectivity index (χ4n) is 3.21. The average Bonchev–Trinajstić information content (AvgIpc) is 3.09. The van der Waals surface area contributed by atoms with E-state index in [1.807, 2.05) is 30.3 Å². The summed E-state index contributed by atoms with van der Waals surface area (Å²) in [6.45, 7) is 4.17. The van der Waals surface area contributed by atoms with Crippen molar-refractivity contribution in [3.05, 3.63) is 35.9 Å². The van der Waals surface area contributed by atoms with Crippen molar-refractivity contribution < 1.29 is 19.1 Å². The molecule has 0 heterocycles. The van der Waals surface area contributed by atoms with E-state index in [2.05, 4.69) is 21.0 Å². The van der Waals surface area contributed by atoms with E-state index in [0.717, 1.165) is 43.3 Å². The van der Waals surface area contributed by atoms with Gasteiger partial charge < -0.3 is 14.3 Å². The van der Waals surface area contributed by atoms with E-state index in [1.165, 1.54) is 0 Å². The molecule has 0 aromatic heterocycles. The van der Waals surface area contributed by atoms with E-state index in [4.69, 9.17) is 4.74 Å². The molecule has 2 rings (SSSR count). The highest BCUT2D eigenvalue weighted by molar-refractivity contribution is 5.81. The molecule has 1 fully saturated rings. The van der Waals surface area contributed by atoms with Gasteiger partial charge in [0.15, 0.2) is 5.60 Å². The predicted octanol–water partition coefficient (Wildman–Crippen LogP) is 2.70. The minimum absolute atomic E-state index is 0.0499. The zero-order valence-electron chi connectivity index (χ0n) is 14.6. The largest absolute Gasteiger partial charge is 0.457 e. The molecule has 0 radical (unpaired) electrons. The van der Waals surface area contributed by atoms with Crippen molar-refractivity contribution in [2.45, 2.75) is 38.2 Å². The van der Waals surface area contributed by atoms with Gasteiger partial charge in [-0.05, 0) is 25.3 Å². The summed E-state index contributed by atoms with van der Waals surface area (Å²) < 4.78 is 6.30. The van der Waals surface area contributed by atoms with Gasteiger partial charge in [-0.25, -0.2) is 4.79 Å². The first-order valence-electron chi connectivity index (χ1n) is 8.67. The van der Waals surface area contributed by atoms with Crippen LogP contribution in [-0.2, 0) is 15.1 Å². The van der Waals surface area contributed by atoms with Crippen LogP contribution in [0, 0.1) is 5.92 Å². The van der Waals surface area contributed by atoms with Gasteiger partial charge in [0.25, 0.3) is 0 Å². The Hall–Kier alpha value is -1.39. The molecule has 1 N–H and O–H groups in total. The Morgan fingerprint density at radius 2 is 1.87 bits per heavy atom. The molecule has 128 valence electrons. The van der Waals surface area contributed by atoms with Crippen molar-refractivity contribution in [2.24, 2.45) is 5.92 Å². The Morgan fingerprint density at radius 1 is 1.26 bits per heavy atom. The first kappa shape index (κ1) is 18.0. The summed E-state index contributed by atoms with van der Waals surface area (Å²) in [5, 5.41) is 11.3. The maximum atomic E-state index is 12.7. The van der Waals surface area contributed by atoms with Crippen molar-refractivity contribution in [3.63, 3.8) is 0 Å². The second-order valence-corrected chi connectivity index (χ2v) is 7.23. The number of carbonyl (C=O) groups is 1. The molecule has 0 amide bonds. The highest BCUT2D eigenvalue weighted by atomic mass is 16.5. The number of rotatable bonds is 7. The number of hydrogen-bond acceptors (Lipinski definition) is 3. The molecule has 1 aromatic carbocycles. The summed E-state index contributed by atoms with van der Waals surface area (Å²) in [6.07, 6.45) is 3.87. The number of ether oxygens (including phenoxy) is 1. The van der Waals surface area contributed by atoms with Gasteiger partial charge in [-0.3, -0.25) is 0 Å². The Labute approximate surface area is 139 Å². The summed E-state index contributed by atoms with van der Waals surface area (Å²) in [4.78, 5) is 12.7. The number of benzene rings is 1. The Bertz CT molecular complexity index is 509. The Kier molecular flexibility index (Phi) is 5.82. The molecular formula is C19H30NO3+. The molecule has 1 atom stereocenters. The first-order chi connectivity index (χ1) is 10.9. The maximum absolute atomic E-state index is 12.7. The van der Waals surface area contributed by atoms with Gasteiger partial charge in [0.05, 0.1) is 20.6 Å². The van der Waals surface area contributed by atoms with E-state index in [0.29, 0.717) is 12.2 Å². The second kappa shape index (κ2) is 7.45. The normalized spacial score (nSPS) is 18.6. The van der Waals surface area contributed by atoms with E-state index >= 15 is 0 Å². The fraction of sp³-hybridized carbons (Fsp3) is 0.632. The molecule has 0 spiro atoms. The third kappa shape index (κ3) is 4.12. The van der Waals surface area contributed by atoms with Crippen LogP contribution in [0.15, 0.2) is 30.3 Å². The smallest absolute Gasteiger partial charge is 0.343 e. The van der Waals surface area contributed by atoms with Crippen molar-refractivity contribution in [1.29, 1.82) is 0 Å². The standard InChI is InChI=1S/C19H30NO3/c1-4-20(2,3)14-15-23-18(21)19(22,17-12-8-9-13-17)16-10-6-5-7-11-16/h5-7,10-11,17,22H,4,8-9,12-15H2,1-3H3/q+1/t19-/m1/s1. The van der Waals surface area contributed by atoms with Crippen LogP contribution in [0.1, 0.15) is 38.2 Å². The molecule has 23 heavy (non-hydrogen) atoms. The van der Waals surface area contributed by atoms with Gasteiger partial charge in [-0.1, -0.05) is 43.2 Å². The van der Waals surface area contributed by atoms with Crippen LogP contribution in [0.4, 0.5) is 0 Å². The van der Waals surface area contributed by atoms with Crippen molar-refractivity contribution in [3.8, 4) is 0 Å². The molecule has 1 aliphatic carbocycles. The van der Waals surface area contributed by atoms with Crippen LogP contribution in [0.2, 0.25) is 0 Å². The van der Waals surface area contributed by atoms with E-state index < -0.39 is 11.6 Å². The molecule has 0 bridgehead atoms. The highest BCUT2D eigenvalue weighted by Crippen LogP contribution is 2.41. The lowest BCUT2D eigenvalue weighted by Crippen LogP contribution is -2.46. The number of quaternary nitrogens is 1. The van der Waals surface area contributed by atoms with E-state index in [-0.39, 0.29) is 5.92 Å². The summed E-state index contributed by atoms with van der Waals surface area (Å²) in [5.74, 6) is -0.544. The minimum atomic E-state index is -1.51. The topological polar surface area (TPSA) is 46.5 Å². The van der Waals surface area contributed by atoms with Crippen LogP contribution >= 0.6 is 0 Å². The molecule has 0 aliphatic heterocycles. The summed E-state index contributed by atoms with van der Waals surface area (Å²) in [6, 6.07) is 9.27. The zero-order chi connectivity index (χ0) is 16.9. The lowest BCUT2D eigenvalue weighted by Gasteiger charge is -2.33. The lowest BCUT2D eigenvalue weighted by molar-refractivity contribution is -0.888. The van der Waals surface area contributed by atoms with Gasteiger partial charge in [0.2, 0.25) is 0 Å². The lowest BCUT2D eigenvalue weighted by atomic mass is 9.80. The first-order valence-corrected chi connectivity index (χ1v) is 8.67. The van der Waals surface area contributed by atoms with Crippen LogP contribution in [0.5, 0.6) is 0 Å². The monoisotopic (exact) mass is 320 g/mol. The number of hydrogen-bond donors (Lipinski definition) is 1. The molecule has 1 saturated carbocycles. The van der Waals surface area contributed by atoms with E-state index in [9.17, 15) is 9.90 Å². The highest BCUT2D eigenvalue weighted by Gasteiger charge is 2.47. The van der Waals surface area contributed by atoms with Crippen LogP contribution in [-0.4, -0.2) is 49.4 Å². The molecule has 1 aromatic rings. The molecule has 0 saturated heterocycles. The summed E-state index contributed by atoms with van der Waals surface area (Å²) >= 11 is 0. The fourth-order valence-corrected chi connectivity index (χ4v) is 3.21. The van der Waals surface area contributed by atoms with Gasteiger partial charge in [-0.2, -0.15) is 0 Å². The van der Waals surface area contributed by atoms with Crippen molar-refractivity contribution in [1.82, 2.24) is 0 Å². The average molecular weight is 320 g/mol. The predicted molar refractivity (Wildman–Crippen MR) is 90.8 cm³/mol. The molecule has 0 unspecified atom stereocenters. The molecule has 4 heteroatoms. The van der Waals surface area contributed by atoms with Gasteiger partial charge >= 0.3 is 5.97 Å². The SMILES string of the molecule is CC[N+](C)(C)CCOC(=O)[C@@](O)(c1ccccc1)C1CCCC1. The minimum Gasteiger partial charge on any atom is -0.457 e. The maximum Gasteiger partial charge on any atom is 0.343 e. The quantitative estimate of drug-likeness (QED) is 0.621. The molecule has 1 aliphatic rings. The number of likely N-dealkylation sites (N-methyl/N-ethyl adjacent to an activating group) is 1. The Morgan fingerprint density at radius 3 is 2.43 bits per heavy atom. The van der Waals surface area contributed by atoms with Crippen LogP contribution < -0.4 is 0 Å². The Balaban J connectivity index is 2.12. The number of nitrogens with zero attached hydrogens (tertiary/aromatic N) is 1. The van der Waals surface area contributed by atoms with Gasteiger partial charge in [0, 0.05) is 5.92 Å². The van der Waals surface area contributed by atoms with Gasteiger partial charge in [-0.15, -0.1) is 0 Å². The van der Waals surface area contributed by atoms with E-state index in [1.54, 1.807) is 0 Å². The second-order valence-electron chi connectivity index (χ2n) is 7.23. The van der Waals surface area contributed by atoms with Crippen LogP contribution in [0.25, 0.3) is 0 Å². The third-order valence-electron chi connectivity index (χ3n) is 5.26. The molecular weight excluding hydrogens is 290 g/mol. The van der Waals surface area contributed by atoms with Crippen molar-refractivity contribution >= 4 is 5.97 Å². The molecule has 4 nitrogen and oxygen atoms in total. The number of carbonyl (C=O) groups excluding carboxylic acids is 1. The zero-order valence-corrected chi connectivity index (χ0v) is 14.6. The summed E-state index contributed by atoms with van der Waals surface area (Å²) in [7, 11) is 4.21. The van der Waals surface area contributed by atoms with Crippen molar-refractivity contribution in [2.75, 3.05) is 33.8 Å². The summed E-state index contributed by atoms with van der Waals surface area (Å²) in [5.41, 5.74) is -0.859. The number of esters is 1.